The van der Waals surface area contributed by atoms with Crippen LogP contribution in [0.2, 0.25) is 0 Å². The number of aromatic nitrogens is 1. The van der Waals surface area contributed by atoms with Crippen molar-refractivity contribution in [3.8, 4) is 0 Å². The first-order valence-corrected chi connectivity index (χ1v) is 6.19. The number of anilines is 1. The van der Waals surface area contributed by atoms with Gasteiger partial charge in [-0.25, -0.2) is 0 Å². The zero-order chi connectivity index (χ0) is 12.8. The van der Waals surface area contributed by atoms with Crippen molar-refractivity contribution in [1.29, 1.82) is 0 Å². The normalized spacial score (nSPS) is 14.3. The molecule has 0 amide bonds. The maximum atomic E-state index is 10.7. The van der Waals surface area contributed by atoms with Crippen LogP contribution in [0, 0.1) is 0 Å². The molecule has 94 valence electrons. The Morgan fingerprint density at radius 3 is 2.82 bits per heavy atom. The van der Waals surface area contributed by atoms with Crippen LogP contribution < -0.4 is 5.73 Å². The Morgan fingerprint density at radius 2 is 2.24 bits per heavy atom. The molecule has 0 spiro atoms. The SMILES string of the molecule is CC(=O)SCCC(O)C(O)c1cncc(N)c1. The second-order valence-electron chi connectivity index (χ2n) is 3.69. The van der Waals surface area contributed by atoms with Crippen LogP contribution in [0.3, 0.4) is 0 Å². The topological polar surface area (TPSA) is 96.4 Å². The van der Waals surface area contributed by atoms with Gasteiger partial charge in [0.2, 0.25) is 0 Å². The lowest BCUT2D eigenvalue weighted by Gasteiger charge is -2.17. The minimum atomic E-state index is -1.03. The fourth-order valence-electron chi connectivity index (χ4n) is 1.34. The fraction of sp³-hybridized carbons (Fsp3) is 0.455. The molecule has 2 unspecified atom stereocenters. The first kappa shape index (κ1) is 14.0. The highest BCUT2D eigenvalue weighted by Gasteiger charge is 2.18. The van der Waals surface area contributed by atoms with Gasteiger partial charge in [0.05, 0.1) is 11.8 Å². The Bertz CT molecular complexity index is 387. The molecule has 0 aromatic carbocycles. The van der Waals surface area contributed by atoms with E-state index in [4.69, 9.17) is 5.73 Å². The molecule has 1 rings (SSSR count). The van der Waals surface area contributed by atoms with Crippen molar-refractivity contribution in [3.05, 3.63) is 24.0 Å². The van der Waals surface area contributed by atoms with Crippen LogP contribution in [-0.4, -0.2) is 32.2 Å². The van der Waals surface area contributed by atoms with Crippen molar-refractivity contribution >= 4 is 22.6 Å². The van der Waals surface area contributed by atoms with Crippen LogP contribution >= 0.6 is 11.8 Å². The van der Waals surface area contributed by atoms with Crippen molar-refractivity contribution in [2.75, 3.05) is 11.5 Å². The molecule has 2 atom stereocenters. The second-order valence-corrected chi connectivity index (χ2v) is 4.96. The summed E-state index contributed by atoms with van der Waals surface area (Å²) in [5.74, 6) is 0.476. The van der Waals surface area contributed by atoms with E-state index in [0.29, 0.717) is 23.4 Å². The standard InChI is InChI=1S/C11H16N2O3S/c1-7(14)17-3-2-10(15)11(16)8-4-9(12)6-13-5-8/h4-6,10-11,15-16H,2-3,12H2,1H3. The first-order chi connectivity index (χ1) is 8.00. The van der Waals surface area contributed by atoms with E-state index < -0.39 is 12.2 Å². The summed E-state index contributed by atoms with van der Waals surface area (Å²) in [4.78, 5) is 14.5. The number of pyridine rings is 1. The molecule has 0 aliphatic heterocycles. The van der Waals surface area contributed by atoms with Gasteiger partial charge in [0, 0.05) is 30.6 Å². The molecule has 0 aliphatic rings. The van der Waals surface area contributed by atoms with Crippen molar-refractivity contribution < 1.29 is 15.0 Å². The number of aliphatic hydroxyl groups is 2. The maximum absolute atomic E-state index is 10.7. The maximum Gasteiger partial charge on any atom is 0.185 e. The summed E-state index contributed by atoms with van der Waals surface area (Å²) < 4.78 is 0. The van der Waals surface area contributed by atoms with Gasteiger partial charge in [-0.05, 0) is 12.5 Å². The molecule has 6 heteroatoms. The van der Waals surface area contributed by atoms with Gasteiger partial charge in [0.1, 0.15) is 6.10 Å². The molecule has 4 N–H and O–H groups in total. The molecule has 0 saturated carbocycles. The van der Waals surface area contributed by atoms with Crippen LogP contribution in [0.4, 0.5) is 5.69 Å². The largest absolute Gasteiger partial charge is 0.397 e. The first-order valence-electron chi connectivity index (χ1n) is 5.20. The average Bonchev–Trinajstić information content (AvgIpc) is 2.27. The molecule has 17 heavy (non-hydrogen) atoms. The number of hydrogen-bond donors (Lipinski definition) is 3. The van der Waals surface area contributed by atoms with Gasteiger partial charge in [-0.2, -0.15) is 0 Å². The predicted molar refractivity (Wildman–Crippen MR) is 67.4 cm³/mol. The van der Waals surface area contributed by atoms with E-state index in [1.165, 1.54) is 19.3 Å². The Kier molecular flexibility index (Phi) is 5.40. The number of nitrogens with two attached hydrogens (primary N) is 1. The number of rotatable bonds is 5. The Hall–Kier alpha value is -1.11. The van der Waals surface area contributed by atoms with Gasteiger partial charge in [-0.15, -0.1) is 0 Å². The summed E-state index contributed by atoms with van der Waals surface area (Å²) in [6.07, 6.45) is 1.31. The molecule has 5 nitrogen and oxygen atoms in total. The third-order valence-corrected chi connectivity index (χ3v) is 3.05. The van der Waals surface area contributed by atoms with E-state index in [0.717, 1.165) is 11.8 Å². The average molecular weight is 256 g/mol. The van der Waals surface area contributed by atoms with Gasteiger partial charge in [0.15, 0.2) is 5.12 Å². The van der Waals surface area contributed by atoms with E-state index in [1.807, 2.05) is 0 Å². The lowest BCUT2D eigenvalue weighted by Crippen LogP contribution is -2.19. The van der Waals surface area contributed by atoms with Gasteiger partial charge in [-0.3, -0.25) is 9.78 Å². The van der Waals surface area contributed by atoms with Crippen LogP contribution in [0.5, 0.6) is 0 Å². The molecular weight excluding hydrogens is 240 g/mol. The zero-order valence-electron chi connectivity index (χ0n) is 9.54. The van der Waals surface area contributed by atoms with Crippen LogP contribution in [0.25, 0.3) is 0 Å². The van der Waals surface area contributed by atoms with Gasteiger partial charge < -0.3 is 15.9 Å². The summed E-state index contributed by atoms with van der Waals surface area (Å²) in [7, 11) is 0. The molecular formula is C11H16N2O3S. The van der Waals surface area contributed by atoms with E-state index >= 15 is 0 Å². The van der Waals surface area contributed by atoms with Gasteiger partial charge >= 0.3 is 0 Å². The molecule has 0 aliphatic carbocycles. The van der Waals surface area contributed by atoms with Crippen molar-refractivity contribution in [1.82, 2.24) is 4.98 Å². The molecule has 1 aromatic heterocycles. The molecule has 0 saturated heterocycles. The highest BCUT2D eigenvalue weighted by molar-refractivity contribution is 8.13. The number of nitrogens with zero attached hydrogens (tertiary/aromatic N) is 1. The Morgan fingerprint density at radius 1 is 1.53 bits per heavy atom. The van der Waals surface area contributed by atoms with E-state index in [9.17, 15) is 15.0 Å². The van der Waals surface area contributed by atoms with E-state index in [2.05, 4.69) is 4.98 Å². The minimum absolute atomic E-state index is 0.00249. The number of carbonyl (C=O) groups is 1. The van der Waals surface area contributed by atoms with E-state index in [1.54, 1.807) is 6.07 Å². The number of aliphatic hydroxyl groups excluding tert-OH is 2. The van der Waals surface area contributed by atoms with Crippen molar-refractivity contribution in [3.63, 3.8) is 0 Å². The predicted octanol–water partition coefficient (Wildman–Crippen LogP) is 0.728. The number of thioether (sulfide) groups is 1. The fourth-order valence-corrected chi connectivity index (χ4v) is 1.99. The summed E-state index contributed by atoms with van der Waals surface area (Å²) in [6.45, 7) is 1.47. The number of carbonyl (C=O) groups excluding carboxylic acids is 1. The monoisotopic (exact) mass is 256 g/mol. The number of nitrogen functional groups attached to an aromatic ring is 1. The summed E-state index contributed by atoms with van der Waals surface area (Å²) >= 11 is 1.13. The molecule has 0 fully saturated rings. The Labute approximate surface area is 104 Å². The van der Waals surface area contributed by atoms with Crippen LogP contribution in [-0.2, 0) is 4.79 Å². The minimum Gasteiger partial charge on any atom is -0.397 e. The van der Waals surface area contributed by atoms with Gasteiger partial charge in [-0.1, -0.05) is 11.8 Å². The smallest absolute Gasteiger partial charge is 0.185 e. The Balaban J connectivity index is 2.51. The molecule has 1 heterocycles. The summed E-state index contributed by atoms with van der Waals surface area (Å²) in [6, 6.07) is 1.57. The third kappa shape index (κ3) is 4.72. The molecule has 0 radical (unpaired) electrons. The summed E-state index contributed by atoms with van der Waals surface area (Å²) in [5, 5.41) is 19.6. The molecule has 0 bridgehead atoms. The van der Waals surface area contributed by atoms with Gasteiger partial charge in [0.25, 0.3) is 0 Å². The summed E-state index contributed by atoms with van der Waals surface area (Å²) in [5.41, 5.74) is 6.45. The molecule has 1 aromatic rings. The second kappa shape index (κ2) is 6.58. The van der Waals surface area contributed by atoms with E-state index in [-0.39, 0.29) is 5.12 Å². The lowest BCUT2D eigenvalue weighted by atomic mass is 10.0. The quantitative estimate of drug-likeness (QED) is 0.718. The van der Waals surface area contributed by atoms with Crippen LogP contribution in [0.1, 0.15) is 25.0 Å². The van der Waals surface area contributed by atoms with Crippen LogP contribution in [0.15, 0.2) is 18.5 Å². The highest BCUT2D eigenvalue weighted by Crippen LogP contribution is 2.21. The van der Waals surface area contributed by atoms with Crippen molar-refractivity contribution in [2.45, 2.75) is 25.6 Å². The number of hydrogen-bond acceptors (Lipinski definition) is 6. The van der Waals surface area contributed by atoms with Crippen molar-refractivity contribution in [2.24, 2.45) is 0 Å². The third-order valence-electron chi connectivity index (χ3n) is 2.21. The zero-order valence-corrected chi connectivity index (χ0v) is 10.4. The highest BCUT2D eigenvalue weighted by atomic mass is 32.2. The lowest BCUT2D eigenvalue weighted by molar-refractivity contribution is -0.109.